The Bertz CT molecular complexity index is 775. The number of para-hydroxylation sites is 1. The molecule has 5 heteroatoms. The Balaban J connectivity index is 2.11. The molecular weight excluding hydrogens is 286 g/mol. The first-order valence-corrected chi connectivity index (χ1v) is 7.39. The van der Waals surface area contributed by atoms with Gasteiger partial charge in [-0.25, -0.2) is 0 Å². The number of nitrogens with zero attached hydrogens (tertiary/aromatic N) is 2. The van der Waals surface area contributed by atoms with Gasteiger partial charge in [-0.1, -0.05) is 30.7 Å². The van der Waals surface area contributed by atoms with Crippen molar-refractivity contribution in [3.8, 4) is 0 Å². The summed E-state index contributed by atoms with van der Waals surface area (Å²) in [4.78, 5) is 0. The number of halogens is 1. The number of hydrogen-bond donors (Lipinski definition) is 1. The zero-order chi connectivity index (χ0) is 15.0. The zero-order valence-corrected chi connectivity index (χ0v) is 13.1. The molecule has 1 aromatic carbocycles. The SMILES string of the molecule is CCc1nn(C)cc1C(NC)c1cc2cccc(Cl)c2o1. The van der Waals surface area contributed by atoms with Crippen LogP contribution in [-0.2, 0) is 13.5 Å². The number of aryl methyl sites for hydroxylation is 2. The van der Waals surface area contributed by atoms with Gasteiger partial charge in [0.15, 0.2) is 5.58 Å². The number of furan rings is 1. The van der Waals surface area contributed by atoms with Crippen molar-refractivity contribution in [2.45, 2.75) is 19.4 Å². The fourth-order valence-corrected chi connectivity index (χ4v) is 2.93. The summed E-state index contributed by atoms with van der Waals surface area (Å²) < 4.78 is 7.82. The van der Waals surface area contributed by atoms with Crippen molar-refractivity contribution in [3.05, 3.63) is 52.5 Å². The van der Waals surface area contributed by atoms with Gasteiger partial charge in [-0.2, -0.15) is 5.10 Å². The summed E-state index contributed by atoms with van der Waals surface area (Å²) in [5.74, 6) is 0.850. The number of hydrogen-bond acceptors (Lipinski definition) is 3. The van der Waals surface area contributed by atoms with Crippen LogP contribution in [0.5, 0.6) is 0 Å². The van der Waals surface area contributed by atoms with Gasteiger partial charge in [0.05, 0.1) is 16.8 Å². The van der Waals surface area contributed by atoms with Crippen LogP contribution in [0.15, 0.2) is 34.9 Å². The first-order valence-electron chi connectivity index (χ1n) is 7.01. The molecule has 110 valence electrons. The monoisotopic (exact) mass is 303 g/mol. The molecule has 0 spiro atoms. The van der Waals surface area contributed by atoms with E-state index in [9.17, 15) is 0 Å². The summed E-state index contributed by atoms with van der Waals surface area (Å²) in [6, 6.07) is 7.78. The van der Waals surface area contributed by atoms with Gasteiger partial charge in [0, 0.05) is 24.2 Å². The molecular formula is C16H18ClN3O. The molecule has 0 radical (unpaired) electrons. The second-order valence-electron chi connectivity index (χ2n) is 5.09. The Morgan fingerprint density at radius 1 is 1.43 bits per heavy atom. The minimum absolute atomic E-state index is 0.0304. The second kappa shape index (κ2) is 5.54. The van der Waals surface area contributed by atoms with Gasteiger partial charge in [-0.3, -0.25) is 4.68 Å². The molecule has 21 heavy (non-hydrogen) atoms. The Morgan fingerprint density at radius 2 is 2.24 bits per heavy atom. The molecule has 0 fully saturated rings. The average molecular weight is 304 g/mol. The van der Waals surface area contributed by atoms with E-state index >= 15 is 0 Å². The standard InChI is InChI=1S/C16H18ClN3O/c1-4-13-11(9-20(3)19-13)15(18-2)14-8-10-6-5-7-12(17)16(10)21-14/h5-9,15,18H,4H2,1-3H3. The van der Waals surface area contributed by atoms with E-state index in [1.807, 2.05) is 49.2 Å². The summed E-state index contributed by atoms with van der Waals surface area (Å²) >= 11 is 6.20. The molecule has 0 aliphatic carbocycles. The highest BCUT2D eigenvalue weighted by molar-refractivity contribution is 6.34. The molecule has 2 heterocycles. The summed E-state index contributed by atoms with van der Waals surface area (Å²) in [5, 5.41) is 9.47. The fourth-order valence-electron chi connectivity index (χ4n) is 2.71. The van der Waals surface area contributed by atoms with Crippen LogP contribution < -0.4 is 5.32 Å². The van der Waals surface area contributed by atoms with Gasteiger partial charge < -0.3 is 9.73 Å². The van der Waals surface area contributed by atoms with Crippen molar-refractivity contribution in [1.29, 1.82) is 0 Å². The quantitative estimate of drug-likeness (QED) is 0.799. The third-order valence-electron chi connectivity index (χ3n) is 3.67. The maximum Gasteiger partial charge on any atom is 0.152 e. The molecule has 0 saturated carbocycles. The van der Waals surface area contributed by atoms with Crippen molar-refractivity contribution in [3.63, 3.8) is 0 Å². The summed E-state index contributed by atoms with van der Waals surface area (Å²) in [5.41, 5.74) is 2.94. The lowest BCUT2D eigenvalue weighted by molar-refractivity contribution is 0.490. The van der Waals surface area contributed by atoms with Gasteiger partial charge in [0.2, 0.25) is 0 Å². The van der Waals surface area contributed by atoms with Crippen LogP contribution in [0.25, 0.3) is 11.0 Å². The van der Waals surface area contributed by atoms with Gasteiger partial charge in [0.1, 0.15) is 5.76 Å². The van der Waals surface area contributed by atoms with Crippen molar-refractivity contribution >= 4 is 22.6 Å². The van der Waals surface area contributed by atoms with Crippen LogP contribution in [0.3, 0.4) is 0 Å². The number of benzene rings is 1. The molecule has 1 N–H and O–H groups in total. The Morgan fingerprint density at radius 3 is 2.90 bits per heavy atom. The largest absolute Gasteiger partial charge is 0.457 e. The van der Waals surface area contributed by atoms with E-state index < -0.39 is 0 Å². The maximum absolute atomic E-state index is 6.20. The van der Waals surface area contributed by atoms with Crippen molar-refractivity contribution in [2.24, 2.45) is 7.05 Å². The van der Waals surface area contributed by atoms with Crippen LogP contribution in [0.2, 0.25) is 5.02 Å². The Labute approximate surface area is 128 Å². The molecule has 0 aliphatic heterocycles. The first-order chi connectivity index (χ1) is 10.1. The summed E-state index contributed by atoms with van der Waals surface area (Å²) in [6.07, 6.45) is 2.92. The molecule has 0 saturated heterocycles. The topological polar surface area (TPSA) is 43.0 Å². The predicted octanol–water partition coefficient (Wildman–Crippen LogP) is 3.69. The lowest BCUT2D eigenvalue weighted by atomic mass is 10.0. The minimum Gasteiger partial charge on any atom is -0.457 e. The predicted molar refractivity (Wildman–Crippen MR) is 84.7 cm³/mol. The van der Waals surface area contributed by atoms with E-state index in [1.165, 1.54) is 0 Å². The summed E-state index contributed by atoms with van der Waals surface area (Å²) in [7, 11) is 3.86. The van der Waals surface area contributed by atoms with Crippen LogP contribution in [0.1, 0.15) is 30.0 Å². The van der Waals surface area contributed by atoms with E-state index in [0.717, 1.165) is 34.4 Å². The Hall–Kier alpha value is -1.78. The highest BCUT2D eigenvalue weighted by atomic mass is 35.5. The van der Waals surface area contributed by atoms with Gasteiger partial charge in [-0.05, 0) is 25.6 Å². The molecule has 3 aromatic rings. The second-order valence-corrected chi connectivity index (χ2v) is 5.49. The Kier molecular flexibility index (Phi) is 3.74. The van der Waals surface area contributed by atoms with Crippen LogP contribution in [0.4, 0.5) is 0 Å². The van der Waals surface area contributed by atoms with E-state index in [2.05, 4.69) is 17.3 Å². The van der Waals surface area contributed by atoms with Gasteiger partial charge in [-0.15, -0.1) is 0 Å². The smallest absolute Gasteiger partial charge is 0.152 e. The molecule has 2 aromatic heterocycles. The van der Waals surface area contributed by atoms with Crippen LogP contribution in [-0.4, -0.2) is 16.8 Å². The molecule has 1 atom stereocenters. The molecule has 0 bridgehead atoms. The average Bonchev–Trinajstić information content (AvgIpc) is 3.04. The first kappa shape index (κ1) is 14.2. The lowest BCUT2D eigenvalue weighted by Gasteiger charge is -2.13. The third-order valence-corrected chi connectivity index (χ3v) is 3.97. The van der Waals surface area contributed by atoms with Crippen molar-refractivity contribution in [2.75, 3.05) is 7.05 Å². The number of aromatic nitrogens is 2. The van der Waals surface area contributed by atoms with E-state index in [1.54, 1.807) is 0 Å². The molecule has 3 rings (SSSR count). The van der Waals surface area contributed by atoms with E-state index in [0.29, 0.717) is 5.02 Å². The van der Waals surface area contributed by atoms with Crippen molar-refractivity contribution in [1.82, 2.24) is 15.1 Å². The van der Waals surface area contributed by atoms with E-state index in [-0.39, 0.29) is 6.04 Å². The molecule has 4 nitrogen and oxygen atoms in total. The lowest BCUT2D eigenvalue weighted by Crippen LogP contribution is -2.17. The maximum atomic E-state index is 6.20. The van der Waals surface area contributed by atoms with E-state index in [4.69, 9.17) is 16.0 Å². The number of rotatable bonds is 4. The molecule has 0 aliphatic rings. The normalized spacial score (nSPS) is 13.0. The minimum atomic E-state index is -0.0304. The fraction of sp³-hybridized carbons (Fsp3) is 0.312. The van der Waals surface area contributed by atoms with Gasteiger partial charge in [0.25, 0.3) is 0 Å². The molecule has 1 unspecified atom stereocenters. The third kappa shape index (κ3) is 2.45. The van der Waals surface area contributed by atoms with Crippen LogP contribution in [0, 0.1) is 0 Å². The number of fused-ring (bicyclic) bond motifs is 1. The van der Waals surface area contributed by atoms with Crippen LogP contribution >= 0.6 is 11.6 Å². The van der Waals surface area contributed by atoms with Gasteiger partial charge >= 0.3 is 0 Å². The molecule has 0 amide bonds. The zero-order valence-electron chi connectivity index (χ0n) is 12.4. The highest BCUT2D eigenvalue weighted by Gasteiger charge is 2.22. The highest BCUT2D eigenvalue weighted by Crippen LogP contribution is 2.32. The number of nitrogens with one attached hydrogen (secondary N) is 1. The summed E-state index contributed by atoms with van der Waals surface area (Å²) in [6.45, 7) is 2.11. The van der Waals surface area contributed by atoms with Crippen molar-refractivity contribution < 1.29 is 4.42 Å².